The second kappa shape index (κ2) is 7.62. The van der Waals surface area contributed by atoms with Gasteiger partial charge in [0.15, 0.2) is 0 Å². The van der Waals surface area contributed by atoms with E-state index in [1.54, 1.807) is 26.2 Å². The van der Waals surface area contributed by atoms with Gasteiger partial charge in [0.05, 0.1) is 25.3 Å². The molecule has 0 radical (unpaired) electrons. The number of likely N-dealkylation sites (N-methyl/N-ethyl adjacent to an activating group) is 1. The Morgan fingerprint density at radius 3 is 2.67 bits per heavy atom. The van der Waals surface area contributed by atoms with E-state index in [1.165, 1.54) is 4.90 Å². The third-order valence-electron chi connectivity index (χ3n) is 5.63. The number of hydrogen-bond donors (Lipinski definition) is 2. The van der Waals surface area contributed by atoms with Gasteiger partial charge in [-0.05, 0) is 31.2 Å². The van der Waals surface area contributed by atoms with Crippen molar-refractivity contribution < 1.29 is 14.4 Å². The van der Waals surface area contributed by atoms with Gasteiger partial charge in [-0.2, -0.15) is 0 Å². The van der Waals surface area contributed by atoms with Crippen LogP contribution in [0.4, 0.5) is 0 Å². The number of nitrogens with one attached hydrogen (secondary N) is 2. The second-order valence-corrected chi connectivity index (χ2v) is 7.59. The quantitative estimate of drug-likeness (QED) is 0.669. The largest absolute Gasteiger partial charge is 0.349 e. The van der Waals surface area contributed by atoms with E-state index in [0.29, 0.717) is 12.2 Å². The second-order valence-electron chi connectivity index (χ2n) is 7.59. The molecule has 0 spiro atoms. The SMILES string of the molecule is CN1C(=O)c2cc3ccccc3n2C[C@@]1(C)C(=O)NCC(=O)NCc1ccccn1. The lowest BCUT2D eigenvalue weighted by molar-refractivity contribution is -0.134. The molecule has 0 fully saturated rings. The Morgan fingerprint density at radius 1 is 1.13 bits per heavy atom. The summed E-state index contributed by atoms with van der Waals surface area (Å²) in [5.74, 6) is -0.932. The molecule has 8 nitrogen and oxygen atoms in total. The van der Waals surface area contributed by atoms with Crippen molar-refractivity contribution in [3.05, 3.63) is 66.1 Å². The summed E-state index contributed by atoms with van der Waals surface area (Å²) in [7, 11) is 1.62. The number of para-hydroxylation sites is 1. The van der Waals surface area contributed by atoms with Crippen molar-refractivity contribution in [2.75, 3.05) is 13.6 Å². The average Bonchev–Trinajstić information content (AvgIpc) is 3.13. The van der Waals surface area contributed by atoms with Gasteiger partial charge in [-0.3, -0.25) is 19.4 Å². The Hall–Kier alpha value is -3.68. The molecule has 4 rings (SSSR count). The maximum absolute atomic E-state index is 13.0. The first kappa shape index (κ1) is 19.6. The fraction of sp³-hybridized carbons (Fsp3) is 0.273. The van der Waals surface area contributed by atoms with Gasteiger partial charge in [0, 0.05) is 24.1 Å². The Kier molecular flexibility index (Phi) is 4.99. The highest BCUT2D eigenvalue weighted by Gasteiger charge is 2.45. The number of pyridine rings is 1. The average molecular weight is 405 g/mol. The van der Waals surface area contributed by atoms with Crippen molar-refractivity contribution in [1.29, 1.82) is 0 Å². The van der Waals surface area contributed by atoms with E-state index in [9.17, 15) is 14.4 Å². The first-order valence-corrected chi connectivity index (χ1v) is 9.71. The fourth-order valence-electron chi connectivity index (χ4n) is 3.70. The minimum absolute atomic E-state index is 0.178. The van der Waals surface area contributed by atoms with Crippen molar-refractivity contribution in [2.45, 2.75) is 25.6 Å². The van der Waals surface area contributed by atoms with Crippen molar-refractivity contribution in [2.24, 2.45) is 0 Å². The van der Waals surface area contributed by atoms with Gasteiger partial charge >= 0.3 is 0 Å². The van der Waals surface area contributed by atoms with Crippen LogP contribution >= 0.6 is 0 Å². The van der Waals surface area contributed by atoms with Crippen molar-refractivity contribution >= 4 is 28.6 Å². The van der Waals surface area contributed by atoms with Crippen LogP contribution in [0.15, 0.2) is 54.7 Å². The smallest absolute Gasteiger partial charge is 0.271 e. The van der Waals surface area contributed by atoms with E-state index in [2.05, 4.69) is 15.6 Å². The Morgan fingerprint density at radius 2 is 1.90 bits per heavy atom. The minimum atomic E-state index is -1.12. The lowest BCUT2D eigenvalue weighted by Crippen LogP contribution is -2.63. The van der Waals surface area contributed by atoms with Crippen LogP contribution in [-0.4, -0.2) is 51.3 Å². The molecule has 1 aliphatic rings. The van der Waals surface area contributed by atoms with E-state index >= 15 is 0 Å². The number of amides is 3. The van der Waals surface area contributed by atoms with E-state index < -0.39 is 5.54 Å². The maximum Gasteiger partial charge on any atom is 0.271 e. The van der Waals surface area contributed by atoms with Crippen LogP contribution in [0.2, 0.25) is 0 Å². The number of nitrogens with zero attached hydrogens (tertiary/aromatic N) is 3. The molecule has 1 aromatic carbocycles. The Bertz CT molecular complexity index is 1120. The zero-order valence-corrected chi connectivity index (χ0v) is 16.9. The summed E-state index contributed by atoms with van der Waals surface area (Å²) in [6, 6.07) is 15.0. The molecule has 3 heterocycles. The summed E-state index contributed by atoms with van der Waals surface area (Å²) >= 11 is 0. The van der Waals surface area contributed by atoms with Crippen LogP contribution < -0.4 is 10.6 Å². The van der Waals surface area contributed by atoms with Gasteiger partial charge in [-0.15, -0.1) is 0 Å². The van der Waals surface area contributed by atoms with Crippen LogP contribution in [0, 0.1) is 0 Å². The molecule has 3 aromatic rings. The fourth-order valence-corrected chi connectivity index (χ4v) is 3.70. The molecule has 0 unspecified atom stereocenters. The predicted molar refractivity (Wildman–Crippen MR) is 112 cm³/mol. The number of carbonyl (C=O) groups excluding carboxylic acids is 3. The molecule has 2 N–H and O–H groups in total. The lowest BCUT2D eigenvalue weighted by atomic mass is 9.95. The van der Waals surface area contributed by atoms with Crippen LogP contribution in [0.3, 0.4) is 0 Å². The van der Waals surface area contributed by atoms with Crippen molar-refractivity contribution in [3.63, 3.8) is 0 Å². The van der Waals surface area contributed by atoms with Gasteiger partial charge in [0.1, 0.15) is 11.2 Å². The molecule has 1 aliphatic heterocycles. The highest BCUT2D eigenvalue weighted by Crippen LogP contribution is 2.31. The number of rotatable bonds is 5. The van der Waals surface area contributed by atoms with Crippen LogP contribution in [0.25, 0.3) is 10.9 Å². The monoisotopic (exact) mass is 405 g/mol. The number of fused-ring (bicyclic) bond motifs is 3. The summed E-state index contributed by atoms with van der Waals surface area (Å²) < 4.78 is 1.87. The molecule has 0 saturated heterocycles. The van der Waals surface area contributed by atoms with E-state index in [1.807, 2.05) is 47.0 Å². The minimum Gasteiger partial charge on any atom is -0.349 e. The van der Waals surface area contributed by atoms with E-state index in [-0.39, 0.29) is 30.8 Å². The maximum atomic E-state index is 13.0. The highest BCUT2D eigenvalue weighted by molar-refractivity contribution is 6.03. The molecule has 154 valence electrons. The number of aromatic nitrogens is 2. The number of hydrogen-bond acceptors (Lipinski definition) is 4. The Labute approximate surface area is 173 Å². The number of carbonyl (C=O) groups is 3. The Balaban J connectivity index is 1.45. The van der Waals surface area contributed by atoms with Gasteiger partial charge in [0.25, 0.3) is 5.91 Å². The molecule has 30 heavy (non-hydrogen) atoms. The van der Waals surface area contributed by atoms with Gasteiger partial charge in [-0.25, -0.2) is 0 Å². The third kappa shape index (κ3) is 3.41. The first-order valence-electron chi connectivity index (χ1n) is 9.71. The summed E-state index contributed by atoms with van der Waals surface area (Å²) in [5.41, 5.74) is 1.07. The van der Waals surface area contributed by atoms with E-state index in [4.69, 9.17) is 0 Å². The standard InChI is InChI=1S/C22H23N5O3/c1-22(21(30)25-13-19(28)24-12-16-8-5-6-10-23-16)14-27-17-9-4-3-7-15(17)11-18(27)20(29)26(22)2/h3-11H,12-14H2,1-2H3,(H,24,28)(H,25,30)/t22-/m0/s1. The van der Waals surface area contributed by atoms with Gasteiger partial charge in [0.2, 0.25) is 11.8 Å². The van der Waals surface area contributed by atoms with E-state index in [0.717, 1.165) is 16.6 Å². The normalized spacial score (nSPS) is 18.2. The molecular weight excluding hydrogens is 382 g/mol. The summed E-state index contributed by atoms with van der Waals surface area (Å²) in [5, 5.41) is 6.35. The summed E-state index contributed by atoms with van der Waals surface area (Å²) in [4.78, 5) is 43.7. The van der Waals surface area contributed by atoms with Gasteiger partial charge < -0.3 is 20.1 Å². The molecular formula is C22H23N5O3. The van der Waals surface area contributed by atoms with Crippen molar-refractivity contribution in [1.82, 2.24) is 25.1 Å². The highest BCUT2D eigenvalue weighted by atomic mass is 16.2. The molecule has 3 amide bonds. The molecule has 2 aromatic heterocycles. The van der Waals surface area contributed by atoms with Gasteiger partial charge in [-0.1, -0.05) is 24.3 Å². The topological polar surface area (TPSA) is 96.3 Å². The molecule has 8 heteroatoms. The lowest BCUT2D eigenvalue weighted by Gasteiger charge is -2.41. The van der Waals surface area contributed by atoms with Crippen LogP contribution in [0.1, 0.15) is 23.1 Å². The third-order valence-corrected chi connectivity index (χ3v) is 5.63. The molecule has 0 aliphatic carbocycles. The zero-order valence-electron chi connectivity index (χ0n) is 16.9. The zero-order chi connectivity index (χ0) is 21.3. The number of benzene rings is 1. The predicted octanol–water partition coefficient (Wildman–Crippen LogP) is 1.31. The molecule has 1 atom stereocenters. The summed E-state index contributed by atoms with van der Waals surface area (Å²) in [6.07, 6.45) is 1.65. The first-order chi connectivity index (χ1) is 14.4. The van der Waals surface area contributed by atoms with Crippen LogP contribution in [0.5, 0.6) is 0 Å². The van der Waals surface area contributed by atoms with Crippen molar-refractivity contribution in [3.8, 4) is 0 Å². The molecule has 0 saturated carbocycles. The van der Waals surface area contributed by atoms with Crippen LogP contribution in [-0.2, 0) is 22.7 Å². The summed E-state index contributed by atoms with van der Waals surface area (Å²) in [6.45, 7) is 2.12. The molecule has 0 bridgehead atoms.